The standard InChI is InChI=1S/C17H23BrO3/c1-4-20-15-9-13(14(18)10-16(15)21-5-2)17(19)12-8-6-7-11(12)3/h9-12H,4-8H2,1-3H3. The molecule has 1 fully saturated rings. The van der Waals surface area contributed by atoms with Crippen molar-refractivity contribution in [2.75, 3.05) is 13.2 Å². The van der Waals surface area contributed by atoms with E-state index in [0.717, 1.165) is 23.7 Å². The molecule has 0 amide bonds. The van der Waals surface area contributed by atoms with Crippen LogP contribution >= 0.6 is 15.9 Å². The number of hydrogen-bond donors (Lipinski definition) is 0. The first-order chi connectivity index (χ1) is 10.1. The van der Waals surface area contributed by atoms with Crippen LogP contribution in [-0.2, 0) is 0 Å². The number of carbonyl (C=O) groups is 1. The molecule has 0 saturated heterocycles. The van der Waals surface area contributed by atoms with E-state index >= 15 is 0 Å². The van der Waals surface area contributed by atoms with E-state index < -0.39 is 0 Å². The van der Waals surface area contributed by atoms with Gasteiger partial charge in [-0.3, -0.25) is 4.79 Å². The molecule has 0 bridgehead atoms. The van der Waals surface area contributed by atoms with Gasteiger partial charge in [-0.15, -0.1) is 0 Å². The van der Waals surface area contributed by atoms with Crippen LogP contribution < -0.4 is 9.47 Å². The highest BCUT2D eigenvalue weighted by Crippen LogP contribution is 2.39. The van der Waals surface area contributed by atoms with E-state index in [-0.39, 0.29) is 11.7 Å². The fourth-order valence-corrected chi connectivity index (χ4v) is 3.51. The second kappa shape index (κ2) is 7.30. The minimum absolute atomic E-state index is 0.133. The van der Waals surface area contributed by atoms with E-state index in [1.165, 1.54) is 0 Å². The Bertz CT molecular complexity index is 513. The fraction of sp³-hybridized carbons (Fsp3) is 0.588. The van der Waals surface area contributed by atoms with Gasteiger partial charge in [0.2, 0.25) is 0 Å². The van der Waals surface area contributed by atoms with Gasteiger partial charge < -0.3 is 9.47 Å². The van der Waals surface area contributed by atoms with Crippen molar-refractivity contribution in [1.82, 2.24) is 0 Å². The van der Waals surface area contributed by atoms with Crippen molar-refractivity contribution >= 4 is 21.7 Å². The number of ketones is 1. The SMILES string of the molecule is CCOc1cc(Br)c(C(=O)C2CCCC2C)cc1OCC. The summed E-state index contributed by atoms with van der Waals surface area (Å²) < 4.78 is 12.0. The van der Waals surface area contributed by atoms with Crippen molar-refractivity contribution in [2.45, 2.75) is 40.0 Å². The van der Waals surface area contributed by atoms with E-state index in [9.17, 15) is 4.79 Å². The summed E-state index contributed by atoms with van der Waals surface area (Å²) in [6.07, 6.45) is 3.28. The minimum Gasteiger partial charge on any atom is -0.490 e. The molecule has 2 unspecified atom stereocenters. The molecule has 1 saturated carbocycles. The lowest BCUT2D eigenvalue weighted by Gasteiger charge is -2.17. The molecule has 3 nitrogen and oxygen atoms in total. The first-order valence-electron chi connectivity index (χ1n) is 7.71. The molecule has 1 aromatic rings. The molecule has 1 aliphatic carbocycles. The maximum Gasteiger partial charge on any atom is 0.167 e. The van der Waals surface area contributed by atoms with Crippen LogP contribution in [0, 0.1) is 11.8 Å². The van der Waals surface area contributed by atoms with Crippen LogP contribution in [0.4, 0.5) is 0 Å². The van der Waals surface area contributed by atoms with E-state index in [1.807, 2.05) is 26.0 Å². The maximum atomic E-state index is 12.8. The predicted molar refractivity (Wildman–Crippen MR) is 87.3 cm³/mol. The molecule has 1 aliphatic rings. The summed E-state index contributed by atoms with van der Waals surface area (Å²) in [5.74, 6) is 2.15. The molecule has 2 rings (SSSR count). The van der Waals surface area contributed by atoms with Crippen LogP contribution in [0.3, 0.4) is 0 Å². The van der Waals surface area contributed by atoms with Gasteiger partial charge in [0.25, 0.3) is 0 Å². The molecular formula is C17H23BrO3. The second-order valence-corrected chi connectivity index (χ2v) is 6.38. The summed E-state index contributed by atoms with van der Waals surface area (Å²) in [5, 5.41) is 0. The zero-order valence-electron chi connectivity index (χ0n) is 12.9. The molecule has 0 aliphatic heterocycles. The number of Topliss-reactive ketones (excluding diaryl/α,β-unsaturated/α-hetero) is 1. The third-order valence-electron chi connectivity index (χ3n) is 4.10. The van der Waals surface area contributed by atoms with Crippen molar-refractivity contribution in [3.63, 3.8) is 0 Å². The summed E-state index contributed by atoms with van der Waals surface area (Å²) >= 11 is 3.51. The Morgan fingerprint density at radius 1 is 1.19 bits per heavy atom. The third kappa shape index (κ3) is 3.60. The van der Waals surface area contributed by atoms with E-state index in [2.05, 4.69) is 22.9 Å². The molecule has 0 radical (unpaired) electrons. The van der Waals surface area contributed by atoms with Crippen molar-refractivity contribution in [3.8, 4) is 11.5 Å². The molecule has 0 spiro atoms. The van der Waals surface area contributed by atoms with Crippen LogP contribution in [0.2, 0.25) is 0 Å². The number of ether oxygens (including phenoxy) is 2. The largest absolute Gasteiger partial charge is 0.490 e. The molecule has 116 valence electrons. The van der Waals surface area contributed by atoms with Crippen molar-refractivity contribution in [2.24, 2.45) is 11.8 Å². The average molecular weight is 355 g/mol. The van der Waals surface area contributed by atoms with Crippen LogP contribution in [0.25, 0.3) is 0 Å². The Hall–Kier alpha value is -1.03. The predicted octanol–water partition coefficient (Wildman–Crippen LogP) is 4.87. The number of halogens is 1. The highest BCUT2D eigenvalue weighted by atomic mass is 79.9. The summed E-state index contributed by atoms with van der Waals surface area (Å²) in [7, 11) is 0. The van der Waals surface area contributed by atoms with Crippen molar-refractivity contribution in [3.05, 3.63) is 22.2 Å². The lowest BCUT2D eigenvalue weighted by Crippen LogP contribution is -2.18. The van der Waals surface area contributed by atoms with Crippen LogP contribution in [0.5, 0.6) is 11.5 Å². The zero-order valence-corrected chi connectivity index (χ0v) is 14.5. The summed E-state index contributed by atoms with van der Waals surface area (Å²) in [5.41, 5.74) is 0.709. The first-order valence-corrected chi connectivity index (χ1v) is 8.51. The topological polar surface area (TPSA) is 35.5 Å². The highest BCUT2D eigenvalue weighted by molar-refractivity contribution is 9.10. The van der Waals surface area contributed by atoms with Crippen molar-refractivity contribution < 1.29 is 14.3 Å². The van der Waals surface area contributed by atoms with Gasteiger partial charge in [-0.2, -0.15) is 0 Å². The van der Waals surface area contributed by atoms with Crippen molar-refractivity contribution in [1.29, 1.82) is 0 Å². The zero-order chi connectivity index (χ0) is 15.4. The summed E-state index contributed by atoms with van der Waals surface area (Å²) in [6, 6.07) is 3.67. The quantitative estimate of drug-likeness (QED) is 0.684. The van der Waals surface area contributed by atoms with Gasteiger partial charge in [0.15, 0.2) is 17.3 Å². The molecule has 21 heavy (non-hydrogen) atoms. The molecule has 0 heterocycles. The number of hydrogen-bond acceptors (Lipinski definition) is 3. The number of rotatable bonds is 6. The third-order valence-corrected chi connectivity index (χ3v) is 4.75. The van der Waals surface area contributed by atoms with E-state index in [0.29, 0.717) is 36.2 Å². The lowest BCUT2D eigenvalue weighted by molar-refractivity contribution is 0.0895. The van der Waals surface area contributed by atoms with Gasteiger partial charge in [0.05, 0.1) is 13.2 Å². The number of benzene rings is 1. The monoisotopic (exact) mass is 354 g/mol. The smallest absolute Gasteiger partial charge is 0.167 e. The molecule has 0 aromatic heterocycles. The van der Waals surface area contributed by atoms with E-state index in [1.54, 1.807) is 0 Å². The Kier molecular flexibility index (Phi) is 5.68. The Morgan fingerprint density at radius 2 is 1.81 bits per heavy atom. The van der Waals surface area contributed by atoms with Gasteiger partial charge in [0, 0.05) is 16.0 Å². The Morgan fingerprint density at radius 3 is 2.33 bits per heavy atom. The Balaban J connectivity index is 2.34. The molecule has 1 aromatic carbocycles. The van der Waals surface area contributed by atoms with Crippen LogP contribution in [0.15, 0.2) is 16.6 Å². The first kappa shape index (κ1) is 16.3. The summed E-state index contributed by atoms with van der Waals surface area (Å²) in [4.78, 5) is 12.8. The lowest BCUT2D eigenvalue weighted by atomic mass is 9.89. The summed E-state index contributed by atoms with van der Waals surface area (Å²) in [6.45, 7) is 7.15. The second-order valence-electron chi connectivity index (χ2n) is 5.52. The molecule has 2 atom stereocenters. The maximum absolute atomic E-state index is 12.8. The van der Waals surface area contributed by atoms with Gasteiger partial charge >= 0.3 is 0 Å². The molecular weight excluding hydrogens is 332 g/mol. The van der Waals surface area contributed by atoms with Crippen LogP contribution in [0.1, 0.15) is 50.4 Å². The normalized spacial score (nSPS) is 21.3. The van der Waals surface area contributed by atoms with Gasteiger partial charge in [-0.25, -0.2) is 0 Å². The molecule has 4 heteroatoms. The van der Waals surface area contributed by atoms with Gasteiger partial charge in [0.1, 0.15) is 0 Å². The average Bonchev–Trinajstić information content (AvgIpc) is 2.87. The van der Waals surface area contributed by atoms with Crippen LogP contribution in [-0.4, -0.2) is 19.0 Å². The molecule has 0 N–H and O–H groups in total. The fourth-order valence-electron chi connectivity index (χ4n) is 3.00. The van der Waals surface area contributed by atoms with Gasteiger partial charge in [-0.05, 0) is 60.7 Å². The number of carbonyl (C=O) groups excluding carboxylic acids is 1. The highest BCUT2D eigenvalue weighted by Gasteiger charge is 2.31. The van der Waals surface area contributed by atoms with E-state index in [4.69, 9.17) is 9.47 Å². The Labute approximate surface area is 135 Å². The van der Waals surface area contributed by atoms with Gasteiger partial charge in [-0.1, -0.05) is 13.3 Å². The minimum atomic E-state index is 0.133.